The fraction of sp³-hybridized carbons (Fsp3) is 0.500. The summed E-state index contributed by atoms with van der Waals surface area (Å²) in [4.78, 5) is 30.3. The van der Waals surface area contributed by atoms with Gasteiger partial charge in [0.25, 0.3) is 11.8 Å². The lowest BCUT2D eigenvalue weighted by Gasteiger charge is -2.46. The summed E-state index contributed by atoms with van der Waals surface area (Å²) < 4.78 is 38.1. The van der Waals surface area contributed by atoms with Crippen molar-refractivity contribution < 1.29 is 22.7 Å². The first-order valence-corrected chi connectivity index (χ1v) is 21.4. The Kier molecular flexibility index (Phi) is 8.96. The number of hydrogen-bond acceptors (Lipinski definition) is 7. The van der Waals surface area contributed by atoms with Crippen molar-refractivity contribution >= 4 is 44.4 Å². The van der Waals surface area contributed by atoms with Crippen molar-refractivity contribution in [2.24, 2.45) is 0 Å². The van der Waals surface area contributed by atoms with Gasteiger partial charge in [-0.05, 0) is 118 Å². The van der Waals surface area contributed by atoms with Gasteiger partial charge < -0.3 is 19.5 Å². The van der Waals surface area contributed by atoms with Crippen LogP contribution in [0.3, 0.4) is 0 Å². The third-order valence-corrected chi connectivity index (χ3v) is 14.5. The number of piperidine rings is 2. The van der Waals surface area contributed by atoms with Gasteiger partial charge in [-0.2, -0.15) is 5.10 Å². The molecule has 6 aliphatic rings. The number of nitrogens with one attached hydrogen (secondary N) is 2. The molecule has 6 heterocycles. The lowest BCUT2D eigenvalue weighted by atomic mass is 9.81. The van der Waals surface area contributed by atoms with Crippen molar-refractivity contribution in [3.8, 4) is 17.0 Å². The van der Waals surface area contributed by atoms with E-state index in [0.29, 0.717) is 30.6 Å². The van der Waals surface area contributed by atoms with Gasteiger partial charge in [-0.15, -0.1) is 0 Å². The van der Waals surface area contributed by atoms with Crippen LogP contribution >= 0.6 is 0 Å². The molecule has 2 N–H and O–H groups in total. The van der Waals surface area contributed by atoms with Crippen molar-refractivity contribution in [1.29, 1.82) is 0 Å². The van der Waals surface area contributed by atoms with Gasteiger partial charge in [0.2, 0.25) is 10.0 Å². The molecule has 2 atom stereocenters. The van der Waals surface area contributed by atoms with E-state index in [-0.39, 0.29) is 23.6 Å². The van der Waals surface area contributed by atoms with Crippen LogP contribution in [0.25, 0.3) is 33.8 Å². The number of benzene rings is 2. The summed E-state index contributed by atoms with van der Waals surface area (Å²) in [7, 11) is -2.15. The topological polar surface area (TPSA) is 128 Å². The average Bonchev–Trinajstić information content (AvgIpc) is 3.68. The Bertz CT molecular complexity index is 2290. The zero-order valence-electron chi connectivity index (χ0n) is 31.4. The number of fused-ring (bicyclic) bond motifs is 8. The molecule has 2 unspecified atom stereocenters. The van der Waals surface area contributed by atoms with Gasteiger partial charge in [0, 0.05) is 47.2 Å². The van der Waals surface area contributed by atoms with Crippen LogP contribution in [0.5, 0.6) is 5.75 Å². The monoisotopic (exact) mass is 750 g/mol. The molecule has 2 aromatic carbocycles. The van der Waals surface area contributed by atoms with E-state index in [1.807, 2.05) is 18.2 Å². The lowest BCUT2D eigenvalue weighted by Crippen LogP contribution is -2.62. The largest absolute Gasteiger partial charge is 0.497 e. The molecule has 2 aliphatic carbocycles. The molecule has 4 aromatic rings. The Balaban J connectivity index is 1.25. The predicted octanol–water partition coefficient (Wildman–Crippen LogP) is 6.88. The fourth-order valence-corrected chi connectivity index (χ4v) is 10.1. The second kappa shape index (κ2) is 13.7. The standard InChI is InChI=1S/C42H50N6O5S/c1-25(2)54(51,52)45-41(49)27-12-16-35-37(20-27)47-23-29(18-28-19-33(53-3)15-17-34(28)40(47)38(35)26-8-5-4-6-9-26)39-36(22-44-48(39)31-10-7-11-31)42(50)46-24-30-13-14-32(46)21-43-30/h12,15-20,22,25-26,30-32,43H,4-11,13-14,21,23-24H2,1-3H3,(H,45,49). The zero-order chi connectivity index (χ0) is 37.3. The molecular weight excluding hydrogens is 701 g/mol. The number of aromatic nitrogens is 3. The van der Waals surface area contributed by atoms with Gasteiger partial charge in [-0.1, -0.05) is 25.3 Å². The summed E-state index contributed by atoms with van der Waals surface area (Å²) in [6.45, 7) is 5.07. The normalized spacial score (nSPS) is 21.7. The Hall–Kier alpha value is -4.42. The second-order valence-corrected chi connectivity index (χ2v) is 18.5. The first-order valence-electron chi connectivity index (χ1n) is 19.8. The molecule has 0 spiro atoms. The molecular formula is C42H50N6O5S. The molecule has 12 heteroatoms. The average molecular weight is 751 g/mol. The van der Waals surface area contributed by atoms with E-state index < -0.39 is 21.2 Å². The number of methoxy groups -OCH3 is 1. The molecule has 4 aliphatic heterocycles. The molecule has 54 heavy (non-hydrogen) atoms. The van der Waals surface area contributed by atoms with Gasteiger partial charge in [0.1, 0.15) is 5.75 Å². The maximum atomic E-state index is 14.7. The maximum Gasteiger partial charge on any atom is 0.264 e. The van der Waals surface area contributed by atoms with Crippen molar-refractivity contribution in [3.63, 3.8) is 0 Å². The molecule has 3 saturated heterocycles. The molecule has 11 nitrogen and oxygen atoms in total. The molecule has 2 aromatic heterocycles. The van der Waals surface area contributed by atoms with Crippen LogP contribution in [0.1, 0.15) is 128 Å². The Labute approximate surface area is 317 Å². The van der Waals surface area contributed by atoms with E-state index in [2.05, 4.69) is 42.4 Å². The van der Waals surface area contributed by atoms with Crippen LogP contribution in [0, 0.1) is 0 Å². The van der Waals surface area contributed by atoms with E-state index >= 15 is 0 Å². The molecule has 5 fully saturated rings. The third kappa shape index (κ3) is 5.96. The van der Waals surface area contributed by atoms with Crippen LogP contribution in [-0.4, -0.2) is 77.0 Å². The van der Waals surface area contributed by atoms with Crippen LogP contribution < -0.4 is 14.8 Å². The Morgan fingerprint density at radius 2 is 1.76 bits per heavy atom. The second-order valence-electron chi connectivity index (χ2n) is 16.3. The number of ether oxygens (including phenoxy) is 1. The molecule has 2 amide bonds. The summed E-state index contributed by atoms with van der Waals surface area (Å²) in [6.07, 6.45) is 14.9. The van der Waals surface area contributed by atoms with E-state index in [4.69, 9.17) is 9.84 Å². The number of allylic oxidation sites excluding steroid dienone is 1. The van der Waals surface area contributed by atoms with Gasteiger partial charge >= 0.3 is 0 Å². The van der Waals surface area contributed by atoms with Gasteiger partial charge in [0.05, 0.1) is 48.1 Å². The summed E-state index contributed by atoms with van der Waals surface area (Å²) in [6, 6.07) is 12.6. The number of hydrogen-bond donors (Lipinski definition) is 2. The molecule has 284 valence electrons. The molecule has 10 rings (SSSR count). The molecule has 0 radical (unpaired) electrons. The van der Waals surface area contributed by atoms with E-state index in [0.717, 1.165) is 109 Å². The number of nitrogens with zero attached hydrogens (tertiary/aromatic N) is 4. The number of rotatable bonds is 8. The summed E-state index contributed by atoms with van der Waals surface area (Å²) in [5.41, 5.74) is 8.08. The lowest BCUT2D eigenvalue weighted by molar-refractivity contribution is 0.0440. The van der Waals surface area contributed by atoms with Crippen LogP contribution in [0.4, 0.5) is 0 Å². The minimum atomic E-state index is -3.83. The summed E-state index contributed by atoms with van der Waals surface area (Å²) in [5.74, 6) is 0.472. The number of piperazine rings is 1. The summed E-state index contributed by atoms with van der Waals surface area (Å²) >= 11 is 0. The summed E-state index contributed by atoms with van der Waals surface area (Å²) in [5, 5.41) is 8.88. The number of carbonyl (C=O) groups excluding carboxylic acids is 2. The van der Waals surface area contributed by atoms with Crippen molar-refractivity contribution in [3.05, 3.63) is 70.5 Å². The number of amides is 2. The third-order valence-electron chi connectivity index (χ3n) is 12.8. The quantitative estimate of drug-likeness (QED) is 0.201. The molecule has 2 bridgehead atoms. The minimum absolute atomic E-state index is 0.0357. The molecule has 2 saturated carbocycles. The highest BCUT2D eigenvalue weighted by Gasteiger charge is 2.40. The van der Waals surface area contributed by atoms with Crippen molar-refractivity contribution in [2.75, 3.05) is 20.2 Å². The predicted molar refractivity (Wildman–Crippen MR) is 210 cm³/mol. The van der Waals surface area contributed by atoms with Crippen molar-refractivity contribution in [2.45, 2.75) is 114 Å². The van der Waals surface area contributed by atoms with Crippen LogP contribution in [-0.2, 0) is 16.6 Å². The highest BCUT2D eigenvalue weighted by atomic mass is 32.2. The number of sulfonamides is 1. The van der Waals surface area contributed by atoms with E-state index in [1.165, 1.54) is 12.0 Å². The zero-order valence-corrected chi connectivity index (χ0v) is 32.3. The SMILES string of the molecule is COc1ccc2c(c1)C=C(c1c(C(=O)N3CC4CCC3CN4)cnn1C1CCC1)Cn1c-2c(C2CCCCC2)c2ccc(C(=O)NS(=O)(=O)C(C)C)cc21. The van der Waals surface area contributed by atoms with E-state index in [1.54, 1.807) is 33.2 Å². The minimum Gasteiger partial charge on any atom is -0.497 e. The van der Waals surface area contributed by atoms with Gasteiger partial charge in [0.15, 0.2) is 0 Å². The maximum absolute atomic E-state index is 14.7. The highest BCUT2D eigenvalue weighted by molar-refractivity contribution is 7.90. The van der Waals surface area contributed by atoms with Crippen molar-refractivity contribution in [1.82, 2.24) is 29.3 Å². The smallest absolute Gasteiger partial charge is 0.264 e. The van der Waals surface area contributed by atoms with E-state index in [9.17, 15) is 18.0 Å². The number of carbonyl (C=O) groups is 2. The highest BCUT2D eigenvalue weighted by Crippen LogP contribution is 2.48. The Morgan fingerprint density at radius 1 is 0.944 bits per heavy atom. The first-order chi connectivity index (χ1) is 26.1. The first kappa shape index (κ1) is 35.3. The van der Waals surface area contributed by atoms with Gasteiger partial charge in [-0.3, -0.25) is 14.3 Å². The van der Waals surface area contributed by atoms with Crippen LogP contribution in [0.2, 0.25) is 0 Å². The Morgan fingerprint density at radius 3 is 2.43 bits per heavy atom. The fourth-order valence-electron chi connectivity index (χ4n) is 9.49. The van der Waals surface area contributed by atoms with Gasteiger partial charge in [-0.25, -0.2) is 13.1 Å². The van der Waals surface area contributed by atoms with Crippen LogP contribution in [0.15, 0.2) is 42.6 Å².